The van der Waals surface area contributed by atoms with E-state index in [0.717, 1.165) is 19.6 Å². The third-order valence-electron chi connectivity index (χ3n) is 4.12. The highest BCUT2D eigenvalue weighted by Gasteiger charge is 2.06. The Morgan fingerprint density at radius 1 is 1.00 bits per heavy atom. The molecular formula is C18H27N3. The van der Waals surface area contributed by atoms with Crippen LogP contribution in [0.25, 0.3) is 0 Å². The molecule has 0 bridgehead atoms. The number of hydrogen-bond donors (Lipinski definition) is 1. The Balaban J connectivity index is 1.99. The van der Waals surface area contributed by atoms with Crippen molar-refractivity contribution in [3.63, 3.8) is 0 Å². The molecule has 0 saturated carbocycles. The molecule has 2 rings (SSSR count). The van der Waals surface area contributed by atoms with Crippen LogP contribution in [-0.2, 0) is 26.7 Å². The molecule has 0 aliphatic carbocycles. The second-order valence-electron chi connectivity index (χ2n) is 6.07. The van der Waals surface area contributed by atoms with Crippen LogP contribution in [0.1, 0.15) is 28.1 Å². The largest absolute Gasteiger partial charge is 0.352 e. The van der Waals surface area contributed by atoms with Crippen LogP contribution in [-0.4, -0.2) is 23.6 Å². The van der Waals surface area contributed by atoms with Crippen molar-refractivity contribution in [2.45, 2.75) is 33.5 Å². The molecular weight excluding hydrogens is 258 g/mol. The lowest BCUT2D eigenvalue weighted by molar-refractivity contribution is 0.400. The van der Waals surface area contributed by atoms with Gasteiger partial charge < -0.3 is 14.8 Å². The van der Waals surface area contributed by atoms with Crippen molar-refractivity contribution in [2.24, 2.45) is 7.05 Å². The van der Waals surface area contributed by atoms with Gasteiger partial charge in [0.1, 0.15) is 0 Å². The first-order chi connectivity index (χ1) is 9.99. The monoisotopic (exact) mass is 285 g/mol. The first-order valence-electron chi connectivity index (χ1n) is 7.53. The molecule has 1 aromatic carbocycles. The van der Waals surface area contributed by atoms with Gasteiger partial charge in [0.15, 0.2) is 0 Å². The van der Waals surface area contributed by atoms with Crippen LogP contribution >= 0.6 is 0 Å². The summed E-state index contributed by atoms with van der Waals surface area (Å²) in [5, 5.41) is 3.58. The SMILES string of the molecule is Cc1cc(CNCc2ccccc2CN(C)C)c(C)n1C. The van der Waals surface area contributed by atoms with Crippen LogP contribution in [0, 0.1) is 13.8 Å². The van der Waals surface area contributed by atoms with E-state index in [2.05, 4.69) is 80.1 Å². The van der Waals surface area contributed by atoms with E-state index in [-0.39, 0.29) is 0 Å². The number of aromatic nitrogens is 1. The van der Waals surface area contributed by atoms with Gasteiger partial charge in [-0.1, -0.05) is 24.3 Å². The Morgan fingerprint density at radius 3 is 2.19 bits per heavy atom. The van der Waals surface area contributed by atoms with E-state index in [1.807, 2.05) is 0 Å². The van der Waals surface area contributed by atoms with Gasteiger partial charge in [0.25, 0.3) is 0 Å². The molecule has 0 aliphatic heterocycles. The average molecular weight is 285 g/mol. The molecule has 1 heterocycles. The molecule has 114 valence electrons. The predicted molar refractivity (Wildman–Crippen MR) is 89.3 cm³/mol. The number of hydrogen-bond acceptors (Lipinski definition) is 2. The van der Waals surface area contributed by atoms with Crippen molar-refractivity contribution in [3.8, 4) is 0 Å². The van der Waals surface area contributed by atoms with Crippen molar-refractivity contribution >= 4 is 0 Å². The lowest BCUT2D eigenvalue weighted by Crippen LogP contribution is -2.17. The number of benzene rings is 1. The van der Waals surface area contributed by atoms with E-state index in [1.54, 1.807) is 0 Å². The van der Waals surface area contributed by atoms with E-state index in [1.165, 1.54) is 28.1 Å². The highest BCUT2D eigenvalue weighted by molar-refractivity contribution is 5.28. The smallest absolute Gasteiger partial charge is 0.0230 e. The van der Waals surface area contributed by atoms with Gasteiger partial charge in [-0.25, -0.2) is 0 Å². The van der Waals surface area contributed by atoms with Crippen LogP contribution in [0.2, 0.25) is 0 Å². The summed E-state index contributed by atoms with van der Waals surface area (Å²) < 4.78 is 2.25. The van der Waals surface area contributed by atoms with Crippen LogP contribution < -0.4 is 5.32 Å². The fourth-order valence-corrected chi connectivity index (χ4v) is 2.67. The number of rotatable bonds is 6. The predicted octanol–water partition coefficient (Wildman–Crippen LogP) is 2.99. The molecule has 3 nitrogen and oxygen atoms in total. The van der Waals surface area contributed by atoms with Gasteiger partial charge >= 0.3 is 0 Å². The van der Waals surface area contributed by atoms with Gasteiger partial charge in [0.05, 0.1) is 0 Å². The molecule has 1 N–H and O–H groups in total. The van der Waals surface area contributed by atoms with Crippen LogP contribution in [0.5, 0.6) is 0 Å². The molecule has 1 aromatic heterocycles. The molecule has 3 heteroatoms. The first-order valence-corrected chi connectivity index (χ1v) is 7.53. The van der Waals surface area contributed by atoms with E-state index in [4.69, 9.17) is 0 Å². The molecule has 0 amide bonds. The van der Waals surface area contributed by atoms with Crippen molar-refractivity contribution in [1.82, 2.24) is 14.8 Å². The van der Waals surface area contributed by atoms with Gasteiger partial charge in [0, 0.05) is 38.1 Å². The van der Waals surface area contributed by atoms with Crippen LogP contribution in [0.15, 0.2) is 30.3 Å². The molecule has 0 spiro atoms. The summed E-state index contributed by atoms with van der Waals surface area (Å²) in [5.41, 5.74) is 6.84. The summed E-state index contributed by atoms with van der Waals surface area (Å²) in [5.74, 6) is 0. The minimum absolute atomic E-state index is 0.914. The Kier molecular flexibility index (Phi) is 5.21. The standard InChI is InChI=1S/C18H27N3/c1-14-10-18(15(2)21(14)5)12-19-11-16-8-6-7-9-17(16)13-20(3)4/h6-10,19H,11-13H2,1-5H3. The van der Waals surface area contributed by atoms with Crippen molar-refractivity contribution in [1.29, 1.82) is 0 Å². The van der Waals surface area contributed by atoms with Crippen LogP contribution in [0.3, 0.4) is 0 Å². The molecule has 0 saturated heterocycles. The first kappa shape index (κ1) is 15.8. The molecule has 21 heavy (non-hydrogen) atoms. The number of nitrogens with zero attached hydrogens (tertiary/aromatic N) is 2. The van der Waals surface area contributed by atoms with Crippen molar-refractivity contribution < 1.29 is 0 Å². The number of nitrogens with one attached hydrogen (secondary N) is 1. The third kappa shape index (κ3) is 3.96. The average Bonchev–Trinajstić information content (AvgIpc) is 2.68. The molecule has 0 fully saturated rings. The van der Waals surface area contributed by atoms with Crippen LogP contribution in [0.4, 0.5) is 0 Å². The second-order valence-corrected chi connectivity index (χ2v) is 6.07. The lowest BCUT2D eigenvalue weighted by Gasteiger charge is -2.14. The summed E-state index contributed by atoms with van der Waals surface area (Å²) >= 11 is 0. The van der Waals surface area contributed by atoms with Gasteiger partial charge in [-0.2, -0.15) is 0 Å². The topological polar surface area (TPSA) is 20.2 Å². The minimum atomic E-state index is 0.914. The van der Waals surface area contributed by atoms with Crippen molar-refractivity contribution in [2.75, 3.05) is 14.1 Å². The molecule has 2 aromatic rings. The lowest BCUT2D eigenvalue weighted by atomic mass is 10.1. The van der Waals surface area contributed by atoms with E-state index < -0.39 is 0 Å². The normalized spacial score (nSPS) is 11.3. The van der Waals surface area contributed by atoms with E-state index in [0.29, 0.717) is 0 Å². The maximum atomic E-state index is 3.58. The molecule has 0 unspecified atom stereocenters. The third-order valence-corrected chi connectivity index (χ3v) is 4.12. The molecule has 0 atom stereocenters. The maximum Gasteiger partial charge on any atom is 0.0230 e. The van der Waals surface area contributed by atoms with Gasteiger partial charge in [-0.3, -0.25) is 0 Å². The fourth-order valence-electron chi connectivity index (χ4n) is 2.67. The summed E-state index contributed by atoms with van der Waals surface area (Å²) in [6.45, 7) is 7.16. The molecule has 0 radical (unpaired) electrons. The van der Waals surface area contributed by atoms with Crippen molar-refractivity contribution in [3.05, 3.63) is 58.4 Å². The minimum Gasteiger partial charge on any atom is -0.352 e. The fraction of sp³-hybridized carbons (Fsp3) is 0.444. The Labute approximate surface area is 128 Å². The zero-order valence-electron chi connectivity index (χ0n) is 13.9. The summed E-state index contributed by atoms with van der Waals surface area (Å²) in [6, 6.07) is 10.9. The van der Waals surface area contributed by atoms with Gasteiger partial charge in [-0.15, -0.1) is 0 Å². The Hall–Kier alpha value is -1.58. The summed E-state index contributed by atoms with van der Waals surface area (Å²) in [4.78, 5) is 2.21. The second kappa shape index (κ2) is 6.92. The quantitative estimate of drug-likeness (QED) is 0.880. The highest BCUT2D eigenvalue weighted by Crippen LogP contribution is 2.14. The Bertz CT molecular complexity index is 597. The van der Waals surface area contributed by atoms with E-state index in [9.17, 15) is 0 Å². The zero-order valence-corrected chi connectivity index (χ0v) is 13.9. The highest BCUT2D eigenvalue weighted by atomic mass is 15.0. The summed E-state index contributed by atoms with van der Waals surface area (Å²) in [7, 11) is 6.35. The van der Waals surface area contributed by atoms with E-state index >= 15 is 0 Å². The molecule has 0 aliphatic rings. The zero-order chi connectivity index (χ0) is 15.4. The Morgan fingerprint density at radius 2 is 1.62 bits per heavy atom. The van der Waals surface area contributed by atoms with Gasteiger partial charge in [-0.05, 0) is 50.7 Å². The number of aryl methyl sites for hydroxylation is 1. The summed E-state index contributed by atoms with van der Waals surface area (Å²) in [6.07, 6.45) is 0. The maximum absolute atomic E-state index is 3.58. The van der Waals surface area contributed by atoms with Gasteiger partial charge in [0.2, 0.25) is 0 Å².